The molecular weight excluding hydrogens is 394 g/mol. The molecule has 0 fully saturated rings. The van der Waals surface area contributed by atoms with E-state index in [-0.39, 0.29) is 5.56 Å². The molecule has 0 radical (unpaired) electrons. The minimum absolute atomic E-state index is 0.232. The fraction of sp³-hybridized carbons (Fsp3) is 0.227. The summed E-state index contributed by atoms with van der Waals surface area (Å²) in [5.74, 6) is 6.22. The maximum Gasteiger partial charge on any atom is 0.270 e. The first-order valence-electron chi connectivity index (χ1n) is 9.93. The van der Waals surface area contributed by atoms with Gasteiger partial charge in [0.2, 0.25) is 5.95 Å². The molecule has 4 rings (SSSR count). The van der Waals surface area contributed by atoms with Gasteiger partial charge in [0.25, 0.3) is 5.91 Å². The summed E-state index contributed by atoms with van der Waals surface area (Å²) in [4.78, 5) is 23.3. The van der Waals surface area contributed by atoms with E-state index in [1.807, 2.05) is 30.3 Å². The van der Waals surface area contributed by atoms with Crippen LogP contribution in [0.5, 0.6) is 5.75 Å². The number of rotatable bonds is 6. The number of aromatic nitrogens is 2. The second-order valence-electron chi connectivity index (χ2n) is 7.35. The van der Waals surface area contributed by atoms with Crippen molar-refractivity contribution in [2.45, 2.75) is 13.0 Å². The number of hydrogen-bond acceptors (Lipinski definition) is 8. The number of likely N-dealkylation sites (N-methyl/N-ethyl adjacent to an activating group) is 1. The Morgan fingerprint density at radius 3 is 2.71 bits per heavy atom. The lowest BCUT2D eigenvalue weighted by atomic mass is 9.99. The third-order valence-electron chi connectivity index (χ3n) is 5.17. The molecule has 0 bridgehead atoms. The van der Waals surface area contributed by atoms with Gasteiger partial charge in [-0.1, -0.05) is 18.2 Å². The van der Waals surface area contributed by atoms with Crippen LogP contribution >= 0.6 is 0 Å². The molecular formula is C22H25N7O2. The van der Waals surface area contributed by atoms with Gasteiger partial charge in [0.15, 0.2) is 0 Å². The molecule has 31 heavy (non-hydrogen) atoms. The standard InChI is InChI=1S/C22H25N7O2/c1-29-9-8-14-11-19(31-2)18(10-15(14)13-29)26-22-24-12-17(21(30)28-23)20(27-22)25-16-6-4-3-5-7-16/h3-7,10-12H,8-9,13,23H2,1-2H3,(H,28,30)(H2,24,25,26,27). The van der Waals surface area contributed by atoms with Crippen molar-refractivity contribution in [3.8, 4) is 5.75 Å². The molecule has 1 aliphatic heterocycles. The van der Waals surface area contributed by atoms with Crippen LogP contribution in [0.25, 0.3) is 0 Å². The number of amides is 1. The maximum absolute atomic E-state index is 12.2. The fourth-order valence-electron chi connectivity index (χ4n) is 3.55. The molecule has 0 unspecified atom stereocenters. The lowest BCUT2D eigenvalue weighted by Crippen LogP contribution is -2.31. The molecule has 3 aromatic rings. The number of fused-ring (bicyclic) bond motifs is 1. The van der Waals surface area contributed by atoms with Gasteiger partial charge < -0.3 is 20.3 Å². The molecule has 1 aromatic heterocycles. The number of nitrogens with one attached hydrogen (secondary N) is 3. The second kappa shape index (κ2) is 8.99. The van der Waals surface area contributed by atoms with Crippen LogP contribution in [0.15, 0.2) is 48.7 Å². The highest BCUT2D eigenvalue weighted by atomic mass is 16.5. The average molecular weight is 419 g/mol. The fourth-order valence-corrected chi connectivity index (χ4v) is 3.55. The molecule has 2 heterocycles. The molecule has 0 atom stereocenters. The Morgan fingerprint density at radius 2 is 1.97 bits per heavy atom. The Morgan fingerprint density at radius 1 is 1.16 bits per heavy atom. The predicted octanol–water partition coefficient (Wildman–Crippen LogP) is 2.56. The number of ether oxygens (including phenoxy) is 1. The predicted molar refractivity (Wildman–Crippen MR) is 120 cm³/mol. The first kappa shape index (κ1) is 20.6. The molecule has 0 saturated carbocycles. The van der Waals surface area contributed by atoms with E-state index in [4.69, 9.17) is 10.6 Å². The van der Waals surface area contributed by atoms with Gasteiger partial charge in [-0.25, -0.2) is 10.8 Å². The van der Waals surface area contributed by atoms with Crippen LogP contribution in [-0.4, -0.2) is 41.5 Å². The van der Waals surface area contributed by atoms with Crippen molar-refractivity contribution < 1.29 is 9.53 Å². The molecule has 0 saturated heterocycles. The van der Waals surface area contributed by atoms with Crippen LogP contribution < -0.4 is 26.6 Å². The summed E-state index contributed by atoms with van der Waals surface area (Å²) < 4.78 is 5.59. The average Bonchev–Trinajstić information content (AvgIpc) is 2.79. The van der Waals surface area contributed by atoms with Crippen molar-refractivity contribution in [3.05, 3.63) is 65.4 Å². The SMILES string of the molecule is COc1cc2c(cc1Nc1ncc(C(=O)NN)c(Nc3ccccc3)n1)CN(C)CC2. The zero-order valence-corrected chi connectivity index (χ0v) is 17.5. The molecule has 0 aliphatic carbocycles. The molecule has 1 aliphatic rings. The molecule has 5 N–H and O–H groups in total. The Bertz CT molecular complexity index is 1090. The molecule has 160 valence electrons. The van der Waals surface area contributed by atoms with E-state index in [1.54, 1.807) is 7.11 Å². The van der Waals surface area contributed by atoms with Crippen LogP contribution in [0, 0.1) is 0 Å². The Hall–Kier alpha value is -3.69. The highest BCUT2D eigenvalue weighted by molar-refractivity contribution is 5.99. The van der Waals surface area contributed by atoms with Crippen LogP contribution in [0.2, 0.25) is 0 Å². The van der Waals surface area contributed by atoms with Crippen molar-refractivity contribution in [3.63, 3.8) is 0 Å². The van der Waals surface area contributed by atoms with E-state index in [0.717, 1.165) is 30.9 Å². The Kier molecular flexibility index (Phi) is 5.96. The third-order valence-corrected chi connectivity index (χ3v) is 5.17. The van der Waals surface area contributed by atoms with Gasteiger partial charge in [-0.05, 0) is 48.9 Å². The molecule has 9 heteroatoms. The van der Waals surface area contributed by atoms with Crippen LogP contribution in [0.3, 0.4) is 0 Å². The summed E-state index contributed by atoms with van der Waals surface area (Å²) >= 11 is 0. The number of nitrogen functional groups attached to an aromatic ring is 1. The zero-order valence-electron chi connectivity index (χ0n) is 17.5. The number of carbonyl (C=O) groups excluding carboxylic acids is 1. The normalized spacial score (nSPS) is 13.3. The summed E-state index contributed by atoms with van der Waals surface area (Å²) in [7, 11) is 3.74. The third kappa shape index (κ3) is 4.57. The minimum atomic E-state index is -0.487. The van der Waals surface area contributed by atoms with Gasteiger partial charge in [0, 0.05) is 25.0 Å². The summed E-state index contributed by atoms with van der Waals surface area (Å²) in [6.07, 6.45) is 2.41. The van der Waals surface area contributed by atoms with Gasteiger partial charge in [-0.2, -0.15) is 4.98 Å². The number of nitrogens with two attached hydrogens (primary N) is 1. The van der Waals surface area contributed by atoms with Crippen molar-refractivity contribution in [1.82, 2.24) is 20.3 Å². The molecule has 2 aromatic carbocycles. The van der Waals surface area contributed by atoms with Crippen molar-refractivity contribution >= 4 is 29.0 Å². The van der Waals surface area contributed by atoms with E-state index in [9.17, 15) is 4.79 Å². The van der Waals surface area contributed by atoms with E-state index < -0.39 is 5.91 Å². The van der Waals surface area contributed by atoms with E-state index in [1.165, 1.54) is 17.3 Å². The topological polar surface area (TPSA) is 117 Å². The zero-order chi connectivity index (χ0) is 21.8. The first-order chi connectivity index (χ1) is 15.1. The van der Waals surface area contributed by atoms with E-state index >= 15 is 0 Å². The number of benzene rings is 2. The highest BCUT2D eigenvalue weighted by Gasteiger charge is 2.19. The van der Waals surface area contributed by atoms with Gasteiger partial charge in [0.1, 0.15) is 17.1 Å². The van der Waals surface area contributed by atoms with E-state index in [2.05, 4.69) is 50.1 Å². The van der Waals surface area contributed by atoms with Crippen molar-refractivity contribution in [2.24, 2.45) is 5.84 Å². The highest BCUT2D eigenvalue weighted by Crippen LogP contribution is 2.33. The number of anilines is 4. The number of carbonyl (C=O) groups is 1. The smallest absolute Gasteiger partial charge is 0.270 e. The lowest BCUT2D eigenvalue weighted by molar-refractivity contribution is 0.0954. The minimum Gasteiger partial charge on any atom is -0.495 e. The van der Waals surface area contributed by atoms with Crippen LogP contribution in [0.4, 0.5) is 23.1 Å². The monoisotopic (exact) mass is 419 g/mol. The summed E-state index contributed by atoms with van der Waals surface area (Å²) in [5, 5.41) is 6.38. The first-order valence-corrected chi connectivity index (χ1v) is 9.93. The largest absolute Gasteiger partial charge is 0.495 e. The van der Waals surface area contributed by atoms with Gasteiger partial charge in [0.05, 0.1) is 12.8 Å². The lowest BCUT2D eigenvalue weighted by Gasteiger charge is -2.26. The maximum atomic E-state index is 12.2. The van der Waals surface area contributed by atoms with E-state index in [0.29, 0.717) is 17.5 Å². The number of methoxy groups -OCH3 is 1. The summed E-state index contributed by atoms with van der Waals surface area (Å²) in [6, 6.07) is 13.6. The number of hydrogen-bond donors (Lipinski definition) is 4. The summed E-state index contributed by atoms with van der Waals surface area (Å²) in [6.45, 7) is 1.89. The Balaban J connectivity index is 1.68. The number of hydrazine groups is 1. The van der Waals surface area contributed by atoms with Crippen LogP contribution in [-0.2, 0) is 13.0 Å². The second-order valence-corrected chi connectivity index (χ2v) is 7.35. The quantitative estimate of drug-likeness (QED) is 0.274. The Labute approximate surface area is 180 Å². The molecule has 0 spiro atoms. The van der Waals surface area contributed by atoms with Gasteiger partial charge >= 0.3 is 0 Å². The molecule has 1 amide bonds. The summed E-state index contributed by atoms with van der Waals surface area (Å²) in [5.41, 5.74) is 6.42. The number of para-hydroxylation sites is 1. The van der Waals surface area contributed by atoms with Gasteiger partial charge in [-0.3, -0.25) is 10.2 Å². The van der Waals surface area contributed by atoms with Gasteiger partial charge in [-0.15, -0.1) is 0 Å². The van der Waals surface area contributed by atoms with Crippen molar-refractivity contribution in [1.29, 1.82) is 0 Å². The number of nitrogens with zero attached hydrogens (tertiary/aromatic N) is 3. The molecule has 9 nitrogen and oxygen atoms in total. The van der Waals surface area contributed by atoms with Crippen LogP contribution in [0.1, 0.15) is 21.5 Å². The van der Waals surface area contributed by atoms with Crippen molar-refractivity contribution in [2.75, 3.05) is 31.3 Å².